The number of alkyl halides is 5. The van der Waals surface area contributed by atoms with Crippen molar-refractivity contribution in [3.05, 3.63) is 0 Å². The standard InChI is InChI=1S/C8H9F5O4/c9-5(10)4-17-6(14)1-2-16-7(15)3-8(11,12)13/h5H,1-4H2. The molecule has 17 heavy (non-hydrogen) atoms. The molecule has 0 N–H and O–H groups in total. The fourth-order valence-electron chi connectivity index (χ4n) is 0.691. The molecule has 0 aromatic heterocycles. The van der Waals surface area contributed by atoms with Crippen molar-refractivity contribution in [3.8, 4) is 0 Å². The fraction of sp³-hybridized carbons (Fsp3) is 0.750. The monoisotopic (exact) mass is 264 g/mol. The van der Waals surface area contributed by atoms with Gasteiger partial charge in [-0.05, 0) is 0 Å². The lowest BCUT2D eigenvalue weighted by molar-refractivity contribution is -0.171. The minimum Gasteiger partial charge on any atom is -0.465 e. The van der Waals surface area contributed by atoms with E-state index in [1.165, 1.54) is 0 Å². The predicted octanol–water partition coefficient (Wildman–Crippen LogP) is 1.68. The van der Waals surface area contributed by atoms with E-state index < -0.39 is 50.6 Å². The Morgan fingerprint density at radius 1 is 1.06 bits per heavy atom. The second-order valence-corrected chi connectivity index (χ2v) is 2.84. The van der Waals surface area contributed by atoms with Gasteiger partial charge in [0, 0.05) is 0 Å². The van der Waals surface area contributed by atoms with Gasteiger partial charge in [0.1, 0.15) is 13.0 Å². The number of esters is 2. The molecule has 0 aliphatic heterocycles. The molecular weight excluding hydrogens is 255 g/mol. The first kappa shape index (κ1) is 15.6. The van der Waals surface area contributed by atoms with Gasteiger partial charge in [-0.1, -0.05) is 0 Å². The summed E-state index contributed by atoms with van der Waals surface area (Å²) in [7, 11) is 0. The van der Waals surface area contributed by atoms with Gasteiger partial charge in [0.2, 0.25) is 0 Å². The maximum Gasteiger partial charge on any atom is 0.399 e. The van der Waals surface area contributed by atoms with E-state index in [0.717, 1.165) is 0 Å². The highest BCUT2D eigenvalue weighted by Crippen LogP contribution is 2.19. The van der Waals surface area contributed by atoms with Crippen molar-refractivity contribution in [2.75, 3.05) is 13.2 Å². The van der Waals surface area contributed by atoms with Crippen LogP contribution in [0.4, 0.5) is 22.0 Å². The highest BCUT2D eigenvalue weighted by Gasteiger charge is 2.32. The first-order valence-corrected chi connectivity index (χ1v) is 4.37. The van der Waals surface area contributed by atoms with Gasteiger partial charge in [-0.15, -0.1) is 0 Å². The van der Waals surface area contributed by atoms with Crippen molar-refractivity contribution in [2.24, 2.45) is 0 Å². The van der Waals surface area contributed by atoms with Crippen LogP contribution in [0.2, 0.25) is 0 Å². The Balaban J connectivity index is 3.63. The summed E-state index contributed by atoms with van der Waals surface area (Å²) in [6, 6.07) is 0. The summed E-state index contributed by atoms with van der Waals surface area (Å²) < 4.78 is 66.0. The molecule has 0 aromatic carbocycles. The summed E-state index contributed by atoms with van der Waals surface area (Å²) >= 11 is 0. The van der Waals surface area contributed by atoms with E-state index >= 15 is 0 Å². The van der Waals surface area contributed by atoms with Crippen molar-refractivity contribution < 1.29 is 41.0 Å². The molecule has 0 atom stereocenters. The molecule has 0 heterocycles. The quantitative estimate of drug-likeness (QED) is 0.541. The van der Waals surface area contributed by atoms with Crippen LogP contribution in [0.25, 0.3) is 0 Å². The molecule has 0 aliphatic carbocycles. The Morgan fingerprint density at radius 3 is 2.12 bits per heavy atom. The maximum absolute atomic E-state index is 11.6. The molecule has 0 aliphatic rings. The van der Waals surface area contributed by atoms with Crippen molar-refractivity contribution in [1.29, 1.82) is 0 Å². The average molecular weight is 264 g/mol. The van der Waals surface area contributed by atoms with Crippen molar-refractivity contribution >= 4 is 11.9 Å². The maximum atomic E-state index is 11.6. The summed E-state index contributed by atoms with van der Waals surface area (Å²) in [4.78, 5) is 21.1. The van der Waals surface area contributed by atoms with Gasteiger partial charge >= 0.3 is 18.1 Å². The summed E-state index contributed by atoms with van der Waals surface area (Å²) in [6.45, 7) is -1.74. The summed E-state index contributed by atoms with van der Waals surface area (Å²) in [5.74, 6) is -2.62. The molecule has 0 saturated carbocycles. The molecule has 0 spiro atoms. The van der Waals surface area contributed by atoms with Crippen molar-refractivity contribution in [2.45, 2.75) is 25.4 Å². The molecular formula is C8H9F5O4. The van der Waals surface area contributed by atoms with Crippen LogP contribution >= 0.6 is 0 Å². The van der Waals surface area contributed by atoms with Crippen LogP contribution < -0.4 is 0 Å². The third-order valence-electron chi connectivity index (χ3n) is 1.28. The number of carbonyl (C=O) groups excluding carboxylic acids is 2. The predicted molar refractivity (Wildman–Crippen MR) is 43.2 cm³/mol. The molecule has 0 unspecified atom stereocenters. The Bertz CT molecular complexity index is 263. The van der Waals surface area contributed by atoms with Gasteiger partial charge in [0.15, 0.2) is 6.61 Å². The van der Waals surface area contributed by atoms with E-state index in [4.69, 9.17) is 0 Å². The first-order valence-electron chi connectivity index (χ1n) is 4.37. The third-order valence-corrected chi connectivity index (χ3v) is 1.28. The van der Waals surface area contributed by atoms with Crippen LogP contribution in [0, 0.1) is 0 Å². The SMILES string of the molecule is O=C(CCOC(=O)CC(F)(F)F)OCC(F)F. The van der Waals surface area contributed by atoms with E-state index in [-0.39, 0.29) is 0 Å². The molecule has 0 aromatic rings. The van der Waals surface area contributed by atoms with Crippen LogP contribution in [-0.2, 0) is 19.1 Å². The molecule has 0 bridgehead atoms. The third kappa shape index (κ3) is 10.9. The molecule has 0 saturated heterocycles. The van der Waals surface area contributed by atoms with Gasteiger partial charge in [0.05, 0.1) is 6.42 Å². The molecule has 4 nitrogen and oxygen atoms in total. The number of halogens is 5. The zero-order valence-electron chi connectivity index (χ0n) is 8.43. The Morgan fingerprint density at radius 2 is 1.65 bits per heavy atom. The normalized spacial score (nSPS) is 11.4. The zero-order valence-corrected chi connectivity index (χ0v) is 8.43. The smallest absolute Gasteiger partial charge is 0.399 e. The van der Waals surface area contributed by atoms with Gasteiger partial charge in [-0.2, -0.15) is 13.2 Å². The lowest BCUT2D eigenvalue weighted by Crippen LogP contribution is -2.19. The van der Waals surface area contributed by atoms with Crippen LogP contribution in [0.15, 0.2) is 0 Å². The molecule has 9 heteroatoms. The summed E-state index contributed by atoms with van der Waals surface area (Å²) in [6.07, 6.45) is -9.85. The molecule has 0 radical (unpaired) electrons. The highest BCUT2D eigenvalue weighted by molar-refractivity contribution is 5.72. The van der Waals surface area contributed by atoms with Crippen LogP contribution in [0.3, 0.4) is 0 Å². The van der Waals surface area contributed by atoms with E-state index in [1.54, 1.807) is 0 Å². The van der Waals surface area contributed by atoms with E-state index in [2.05, 4.69) is 9.47 Å². The van der Waals surface area contributed by atoms with Gasteiger partial charge in [0.25, 0.3) is 6.43 Å². The largest absolute Gasteiger partial charge is 0.465 e. The Hall–Kier alpha value is -1.41. The van der Waals surface area contributed by atoms with E-state index in [0.29, 0.717) is 0 Å². The van der Waals surface area contributed by atoms with E-state index in [9.17, 15) is 31.5 Å². The number of hydrogen-bond donors (Lipinski definition) is 0. The fourth-order valence-corrected chi connectivity index (χ4v) is 0.691. The van der Waals surface area contributed by atoms with Crippen molar-refractivity contribution in [1.82, 2.24) is 0 Å². The summed E-state index contributed by atoms with van der Waals surface area (Å²) in [5.41, 5.74) is 0. The Labute approximate surface area is 92.7 Å². The molecule has 100 valence electrons. The lowest BCUT2D eigenvalue weighted by atomic mass is 10.4. The second-order valence-electron chi connectivity index (χ2n) is 2.84. The number of rotatable bonds is 6. The molecule has 0 amide bonds. The van der Waals surface area contributed by atoms with Gasteiger partial charge < -0.3 is 9.47 Å². The number of carbonyl (C=O) groups is 2. The van der Waals surface area contributed by atoms with Crippen LogP contribution in [0.5, 0.6) is 0 Å². The second kappa shape index (κ2) is 7.02. The molecule has 0 fully saturated rings. The topological polar surface area (TPSA) is 52.6 Å². The van der Waals surface area contributed by atoms with Gasteiger partial charge in [-0.3, -0.25) is 9.59 Å². The Kier molecular flexibility index (Phi) is 6.44. The minimum absolute atomic E-state index is 0.573. The minimum atomic E-state index is -4.69. The number of ether oxygens (including phenoxy) is 2. The summed E-state index contributed by atoms with van der Waals surface area (Å²) in [5, 5.41) is 0. The first-order chi connectivity index (χ1) is 7.70. The highest BCUT2D eigenvalue weighted by atomic mass is 19.4. The number of hydrogen-bond acceptors (Lipinski definition) is 4. The zero-order chi connectivity index (χ0) is 13.5. The molecule has 0 rings (SSSR count). The van der Waals surface area contributed by atoms with Gasteiger partial charge in [-0.25, -0.2) is 8.78 Å². The lowest BCUT2D eigenvalue weighted by Gasteiger charge is -2.07. The van der Waals surface area contributed by atoms with Crippen LogP contribution in [-0.4, -0.2) is 37.8 Å². The van der Waals surface area contributed by atoms with Crippen molar-refractivity contribution in [3.63, 3.8) is 0 Å². The van der Waals surface area contributed by atoms with Crippen LogP contribution in [0.1, 0.15) is 12.8 Å². The van der Waals surface area contributed by atoms with E-state index in [1.807, 2.05) is 0 Å². The average Bonchev–Trinajstić information content (AvgIpc) is 2.11.